The molecule has 1 amide bonds. The molecule has 0 unspecified atom stereocenters. The van der Waals surface area contributed by atoms with Crippen LogP contribution in [0.15, 0.2) is 71.6 Å². The van der Waals surface area contributed by atoms with Crippen molar-refractivity contribution < 1.29 is 26.4 Å². The summed E-state index contributed by atoms with van der Waals surface area (Å²) in [6, 6.07) is 15.9. The number of aryl methyl sites for hydroxylation is 1. The van der Waals surface area contributed by atoms with Gasteiger partial charge in [-0.3, -0.25) is 9.52 Å². The van der Waals surface area contributed by atoms with Crippen molar-refractivity contribution in [2.45, 2.75) is 18.0 Å². The van der Waals surface area contributed by atoms with E-state index in [0.29, 0.717) is 22.9 Å². The zero-order valence-corrected chi connectivity index (χ0v) is 17.4. The molecule has 3 aromatic rings. The summed E-state index contributed by atoms with van der Waals surface area (Å²) in [4.78, 5) is 12.2. The van der Waals surface area contributed by atoms with Gasteiger partial charge in [0.25, 0.3) is 15.9 Å². The van der Waals surface area contributed by atoms with Crippen LogP contribution in [0.3, 0.4) is 0 Å². The van der Waals surface area contributed by atoms with Crippen molar-refractivity contribution >= 4 is 27.3 Å². The molecule has 10 heteroatoms. The van der Waals surface area contributed by atoms with Crippen molar-refractivity contribution in [2.24, 2.45) is 0 Å². The number of nitrogens with one attached hydrogen (secondary N) is 2. The van der Waals surface area contributed by atoms with Crippen LogP contribution in [-0.4, -0.2) is 14.3 Å². The zero-order valence-electron chi connectivity index (χ0n) is 16.6. The van der Waals surface area contributed by atoms with Gasteiger partial charge in [-0.1, -0.05) is 18.2 Å². The summed E-state index contributed by atoms with van der Waals surface area (Å²) in [7, 11) is -4.28. The summed E-state index contributed by atoms with van der Waals surface area (Å²) in [5, 5.41) is 11.5. The number of nitrogens with zero attached hydrogens (tertiary/aromatic N) is 1. The zero-order chi connectivity index (χ0) is 23.5. The van der Waals surface area contributed by atoms with E-state index < -0.39 is 27.7 Å². The Hall–Kier alpha value is -3.84. The Morgan fingerprint density at radius 2 is 1.72 bits per heavy atom. The number of carbonyl (C=O) groups excluding carboxylic acids is 1. The second-order valence-electron chi connectivity index (χ2n) is 6.81. The average Bonchev–Trinajstić information content (AvgIpc) is 2.74. The maximum absolute atomic E-state index is 13.0. The van der Waals surface area contributed by atoms with Crippen molar-refractivity contribution in [1.82, 2.24) is 0 Å². The van der Waals surface area contributed by atoms with Gasteiger partial charge in [0, 0.05) is 11.3 Å². The maximum atomic E-state index is 13.0. The van der Waals surface area contributed by atoms with Crippen LogP contribution < -0.4 is 10.0 Å². The first kappa shape index (κ1) is 22.8. The Morgan fingerprint density at radius 3 is 2.41 bits per heavy atom. The van der Waals surface area contributed by atoms with Crippen molar-refractivity contribution in [3.63, 3.8) is 0 Å². The minimum atomic E-state index is -4.63. The molecular weight excluding hydrogens is 443 g/mol. The van der Waals surface area contributed by atoms with E-state index in [-0.39, 0.29) is 16.1 Å². The number of sulfonamides is 1. The van der Waals surface area contributed by atoms with E-state index in [2.05, 4.69) is 10.0 Å². The van der Waals surface area contributed by atoms with Gasteiger partial charge in [-0.05, 0) is 61.0 Å². The van der Waals surface area contributed by atoms with E-state index in [1.54, 1.807) is 18.2 Å². The molecule has 2 N–H and O–H groups in total. The van der Waals surface area contributed by atoms with Crippen molar-refractivity contribution in [2.75, 3.05) is 10.0 Å². The molecule has 0 saturated carbocycles. The molecule has 6 nitrogen and oxygen atoms in total. The lowest BCUT2D eigenvalue weighted by molar-refractivity contribution is -0.137. The van der Waals surface area contributed by atoms with Gasteiger partial charge in [0.2, 0.25) is 0 Å². The van der Waals surface area contributed by atoms with Gasteiger partial charge in [-0.25, -0.2) is 8.42 Å². The largest absolute Gasteiger partial charge is 0.416 e. The van der Waals surface area contributed by atoms with Crippen LogP contribution >= 0.6 is 0 Å². The van der Waals surface area contributed by atoms with Gasteiger partial charge in [-0.15, -0.1) is 0 Å². The third kappa shape index (κ3) is 5.25. The fraction of sp³-hybridized carbons (Fsp3) is 0.0909. The summed E-state index contributed by atoms with van der Waals surface area (Å²) < 4.78 is 66.6. The molecule has 0 radical (unpaired) electrons. The van der Waals surface area contributed by atoms with E-state index >= 15 is 0 Å². The third-order valence-electron chi connectivity index (χ3n) is 4.47. The van der Waals surface area contributed by atoms with Crippen molar-refractivity contribution in [3.05, 3.63) is 89.0 Å². The predicted molar refractivity (Wildman–Crippen MR) is 113 cm³/mol. The van der Waals surface area contributed by atoms with Crippen LogP contribution in [-0.2, 0) is 16.2 Å². The number of hydrogen-bond acceptors (Lipinski definition) is 4. The topological polar surface area (TPSA) is 99.1 Å². The lowest BCUT2D eigenvalue weighted by Crippen LogP contribution is -2.17. The van der Waals surface area contributed by atoms with E-state index in [9.17, 15) is 26.4 Å². The Bertz CT molecular complexity index is 1330. The quantitative estimate of drug-likeness (QED) is 0.565. The molecule has 0 fully saturated rings. The average molecular weight is 459 g/mol. The highest BCUT2D eigenvalue weighted by molar-refractivity contribution is 7.92. The summed E-state index contributed by atoms with van der Waals surface area (Å²) in [6.45, 7) is 1.47. The molecular formula is C22H16F3N3O3S. The SMILES string of the molecule is Cc1ccc(C(F)(F)F)cc1NS(=O)(=O)c1cccc(C(=O)Nc2cccc(C#N)c2)c1. The minimum absolute atomic E-state index is 0.0102. The number of anilines is 2. The number of alkyl halides is 3. The second kappa shape index (κ2) is 8.72. The molecule has 164 valence electrons. The fourth-order valence-corrected chi connectivity index (χ4v) is 3.95. The molecule has 3 rings (SSSR count). The van der Waals surface area contributed by atoms with Gasteiger partial charge in [0.1, 0.15) is 0 Å². The highest BCUT2D eigenvalue weighted by atomic mass is 32.2. The summed E-state index contributed by atoms with van der Waals surface area (Å²) in [5.74, 6) is -0.618. The molecule has 0 atom stereocenters. The van der Waals surface area contributed by atoms with Crippen LogP contribution in [0, 0.1) is 18.3 Å². The van der Waals surface area contributed by atoms with E-state index in [1.165, 1.54) is 37.3 Å². The maximum Gasteiger partial charge on any atom is 0.416 e. The number of halogens is 3. The summed E-state index contributed by atoms with van der Waals surface area (Å²) in [6.07, 6.45) is -4.63. The highest BCUT2D eigenvalue weighted by Gasteiger charge is 2.31. The Morgan fingerprint density at radius 1 is 1.00 bits per heavy atom. The monoisotopic (exact) mass is 459 g/mol. The first-order valence-corrected chi connectivity index (χ1v) is 10.6. The van der Waals surface area contributed by atoms with E-state index in [1.807, 2.05) is 6.07 Å². The molecule has 0 spiro atoms. The van der Waals surface area contributed by atoms with Crippen molar-refractivity contribution in [1.29, 1.82) is 5.26 Å². The van der Waals surface area contributed by atoms with Crippen LogP contribution in [0.25, 0.3) is 0 Å². The first-order valence-electron chi connectivity index (χ1n) is 9.12. The molecule has 0 heterocycles. The lowest BCUT2D eigenvalue weighted by atomic mass is 10.1. The molecule has 32 heavy (non-hydrogen) atoms. The van der Waals surface area contributed by atoms with Crippen molar-refractivity contribution in [3.8, 4) is 6.07 Å². The van der Waals surface area contributed by atoms with Gasteiger partial charge in [0.15, 0.2) is 0 Å². The van der Waals surface area contributed by atoms with Gasteiger partial charge in [-0.2, -0.15) is 18.4 Å². The van der Waals surface area contributed by atoms with Gasteiger partial charge < -0.3 is 5.32 Å². The van der Waals surface area contributed by atoms with E-state index in [0.717, 1.165) is 12.1 Å². The van der Waals surface area contributed by atoms with Gasteiger partial charge in [0.05, 0.1) is 27.8 Å². The molecule has 0 aromatic heterocycles. The van der Waals surface area contributed by atoms with E-state index in [4.69, 9.17) is 5.26 Å². The normalized spacial score (nSPS) is 11.5. The second-order valence-corrected chi connectivity index (χ2v) is 8.49. The number of rotatable bonds is 5. The number of nitriles is 1. The molecule has 0 aliphatic heterocycles. The van der Waals surface area contributed by atoms with Crippen LogP contribution in [0.4, 0.5) is 24.5 Å². The highest BCUT2D eigenvalue weighted by Crippen LogP contribution is 2.32. The fourth-order valence-electron chi connectivity index (χ4n) is 2.79. The molecule has 3 aromatic carbocycles. The number of carbonyl (C=O) groups is 1. The molecule has 0 aliphatic carbocycles. The molecule has 0 saturated heterocycles. The van der Waals surface area contributed by atoms with Crippen LogP contribution in [0.5, 0.6) is 0 Å². The van der Waals surface area contributed by atoms with Crippen LogP contribution in [0.1, 0.15) is 27.0 Å². The number of amides is 1. The third-order valence-corrected chi connectivity index (χ3v) is 5.83. The number of hydrogen-bond donors (Lipinski definition) is 2. The van der Waals surface area contributed by atoms with Crippen LogP contribution in [0.2, 0.25) is 0 Å². The summed E-state index contributed by atoms with van der Waals surface area (Å²) >= 11 is 0. The summed E-state index contributed by atoms with van der Waals surface area (Å²) in [5.41, 5.74) is -0.222. The first-order chi connectivity index (χ1) is 15.0. The van der Waals surface area contributed by atoms with Gasteiger partial charge >= 0.3 is 6.18 Å². The Balaban J connectivity index is 1.87. The predicted octanol–water partition coefficient (Wildman–Crippen LogP) is 4.94. The Labute approximate surface area is 182 Å². The molecule has 0 bridgehead atoms. The number of benzene rings is 3. The molecule has 0 aliphatic rings. The Kier molecular flexibility index (Phi) is 6.23. The lowest BCUT2D eigenvalue weighted by Gasteiger charge is -2.14. The minimum Gasteiger partial charge on any atom is -0.322 e. The smallest absolute Gasteiger partial charge is 0.322 e. The standard InChI is InChI=1S/C22H16F3N3O3S/c1-14-8-9-17(22(23,24)25)12-20(14)28-32(30,31)19-7-3-5-16(11-19)21(29)27-18-6-2-4-15(10-18)13-26/h2-12,28H,1H3,(H,27,29).